The maximum atomic E-state index is 13.2. The van der Waals surface area contributed by atoms with Crippen LogP contribution in [-0.2, 0) is 6.42 Å². The van der Waals surface area contributed by atoms with Crippen LogP contribution < -0.4 is 0 Å². The molecular weight excluding hydrogens is 410 g/mol. The zero-order valence-corrected chi connectivity index (χ0v) is 13.6. The van der Waals surface area contributed by atoms with Gasteiger partial charge in [-0.2, -0.15) is 0 Å². The Balaban J connectivity index is 2.39. The second kappa shape index (κ2) is 6.98. The summed E-state index contributed by atoms with van der Waals surface area (Å²) in [4.78, 5) is 7.04. The highest BCUT2D eigenvalue weighted by Gasteiger charge is 2.17. The Bertz CT molecular complexity index is 697. The van der Waals surface area contributed by atoms with Crippen molar-refractivity contribution in [3.05, 3.63) is 72.7 Å². The minimum atomic E-state index is -0.678. The van der Waals surface area contributed by atoms with Gasteiger partial charge in [0.05, 0.1) is 11.7 Å². The average Bonchev–Trinajstić information content (AvgIpc) is 2.40. The lowest BCUT2D eigenvalue weighted by Crippen LogP contribution is -2.04. The number of nitrogens with zero attached hydrogens (tertiary/aromatic N) is 4. The van der Waals surface area contributed by atoms with E-state index in [0.29, 0.717) is 20.3 Å². The molecule has 0 unspecified atom stereocenters. The van der Waals surface area contributed by atoms with Crippen molar-refractivity contribution < 1.29 is 8.78 Å². The molecule has 0 bridgehead atoms. The van der Waals surface area contributed by atoms with Gasteiger partial charge in [-0.1, -0.05) is 5.11 Å². The monoisotopic (exact) mass is 416 g/mol. The molecule has 8 heteroatoms. The molecule has 0 N–H and O–H groups in total. The molecule has 0 amide bonds. The Hall–Kier alpha value is -1.50. The molecule has 21 heavy (non-hydrogen) atoms. The predicted molar refractivity (Wildman–Crippen MR) is 81.6 cm³/mol. The van der Waals surface area contributed by atoms with Gasteiger partial charge in [0, 0.05) is 15.5 Å². The van der Waals surface area contributed by atoms with E-state index in [9.17, 15) is 8.78 Å². The topological polar surface area (TPSA) is 61.7 Å². The first-order valence-corrected chi connectivity index (χ1v) is 7.39. The van der Waals surface area contributed by atoms with Crippen LogP contribution in [0.1, 0.15) is 17.3 Å². The molecule has 4 nitrogen and oxygen atoms in total. The van der Waals surface area contributed by atoms with Crippen LogP contribution in [0.15, 0.2) is 44.5 Å². The largest absolute Gasteiger partial charge is 0.244 e. The van der Waals surface area contributed by atoms with Crippen molar-refractivity contribution in [2.75, 3.05) is 0 Å². The Kier molecular flexibility index (Phi) is 5.27. The Morgan fingerprint density at radius 2 is 1.86 bits per heavy atom. The number of benzene rings is 1. The Morgan fingerprint density at radius 1 is 1.19 bits per heavy atom. The summed E-state index contributed by atoms with van der Waals surface area (Å²) < 4.78 is 27.7. The zero-order valence-electron chi connectivity index (χ0n) is 10.5. The summed E-state index contributed by atoms with van der Waals surface area (Å²) in [5, 5.41) is 3.67. The van der Waals surface area contributed by atoms with Crippen LogP contribution in [0.25, 0.3) is 10.4 Å². The van der Waals surface area contributed by atoms with Gasteiger partial charge in [-0.05, 0) is 73.6 Å². The number of hydrogen-bond donors (Lipinski definition) is 0. The molecule has 2 rings (SSSR count). The summed E-state index contributed by atoms with van der Waals surface area (Å²) in [6.07, 6.45) is 0.140. The number of azide groups is 1. The molecule has 0 aliphatic carbocycles. The molecule has 0 spiro atoms. The maximum Gasteiger partial charge on any atom is 0.126 e. The summed E-state index contributed by atoms with van der Waals surface area (Å²) >= 11 is 6.57. The van der Waals surface area contributed by atoms with Gasteiger partial charge in [0.2, 0.25) is 0 Å². The molecule has 2 aromatic rings. The Morgan fingerprint density at radius 3 is 2.48 bits per heavy atom. The van der Waals surface area contributed by atoms with Crippen molar-refractivity contribution in [2.45, 2.75) is 12.5 Å². The molecule has 1 heterocycles. The van der Waals surface area contributed by atoms with Gasteiger partial charge in [-0.25, -0.2) is 13.8 Å². The van der Waals surface area contributed by atoms with Crippen LogP contribution in [0.4, 0.5) is 8.78 Å². The van der Waals surface area contributed by atoms with E-state index >= 15 is 0 Å². The first kappa shape index (κ1) is 15.9. The predicted octanol–water partition coefficient (Wildman–Crippen LogP) is 5.48. The van der Waals surface area contributed by atoms with Gasteiger partial charge < -0.3 is 0 Å². The molecule has 108 valence electrons. The highest BCUT2D eigenvalue weighted by molar-refractivity contribution is 9.11. The van der Waals surface area contributed by atoms with E-state index in [-0.39, 0.29) is 6.42 Å². The average molecular weight is 418 g/mol. The molecule has 0 fully saturated rings. The highest BCUT2D eigenvalue weighted by Crippen LogP contribution is 2.29. The first-order valence-electron chi connectivity index (χ1n) is 5.80. The van der Waals surface area contributed by atoms with E-state index in [1.807, 2.05) is 0 Å². The highest BCUT2D eigenvalue weighted by atomic mass is 79.9. The third kappa shape index (κ3) is 4.23. The molecule has 1 atom stereocenters. The molecule has 0 saturated carbocycles. The molecule has 1 aromatic heterocycles. The van der Waals surface area contributed by atoms with Gasteiger partial charge in [-0.3, -0.25) is 0 Å². The lowest BCUT2D eigenvalue weighted by molar-refractivity contribution is 0.575. The van der Waals surface area contributed by atoms with E-state index in [2.05, 4.69) is 46.9 Å². The van der Waals surface area contributed by atoms with Gasteiger partial charge in [0.1, 0.15) is 16.2 Å². The fourth-order valence-corrected chi connectivity index (χ4v) is 2.68. The first-order chi connectivity index (χ1) is 9.99. The lowest BCUT2D eigenvalue weighted by atomic mass is 10.0. The van der Waals surface area contributed by atoms with Crippen LogP contribution in [0.5, 0.6) is 0 Å². The fraction of sp³-hybridized carbons (Fsp3) is 0.154. The molecule has 0 radical (unpaired) electrons. The van der Waals surface area contributed by atoms with Crippen molar-refractivity contribution in [1.82, 2.24) is 4.98 Å². The molecule has 0 aliphatic heterocycles. The minimum Gasteiger partial charge on any atom is -0.244 e. The van der Waals surface area contributed by atoms with Gasteiger partial charge in [0.15, 0.2) is 0 Å². The quantitative estimate of drug-likeness (QED) is 0.281. The normalized spacial score (nSPS) is 11.8. The second-order valence-electron chi connectivity index (χ2n) is 4.20. The van der Waals surface area contributed by atoms with Crippen LogP contribution >= 0.6 is 31.9 Å². The van der Waals surface area contributed by atoms with E-state index < -0.39 is 17.7 Å². The standard InChI is InChI=1S/C13H8Br2F2N4/c14-10-1-2-12(15)19-13(10)11(20-21-18)5-7-3-8(16)6-9(17)4-7/h1-4,6,11H,5H2/t11-/m0/s1. The summed E-state index contributed by atoms with van der Waals surface area (Å²) in [6, 6.07) is 5.99. The van der Waals surface area contributed by atoms with E-state index in [1.54, 1.807) is 12.1 Å². The van der Waals surface area contributed by atoms with E-state index in [4.69, 9.17) is 5.53 Å². The molecule has 0 saturated heterocycles. The summed E-state index contributed by atoms with van der Waals surface area (Å²) in [5.41, 5.74) is 9.58. The SMILES string of the molecule is [N-]=[N+]=N[C@@H](Cc1cc(F)cc(F)c1)c1nc(Br)ccc1Br. The van der Waals surface area contributed by atoms with Crippen molar-refractivity contribution in [3.8, 4) is 0 Å². The van der Waals surface area contributed by atoms with Crippen LogP contribution in [0.3, 0.4) is 0 Å². The van der Waals surface area contributed by atoms with E-state index in [1.165, 1.54) is 12.1 Å². The summed E-state index contributed by atoms with van der Waals surface area (Å²) in [5.74, 6) is -1.35. The summed E-state index contributed by atoms with van der Waals surface area (Å²) in [7, 11) is 0. The molecule has 1 aromatic carbocycles. The number of rotatable bonds is 4. The van der Waals surface area contributed by atoms with Crippen molar-refractivity contribution in [3.63, 3.8) is 0 Å². The minimum absolute atomic E-state index is 0.140. The van der Waals surface area contributed by atoms with Crippen molar-refractivity contribution >= 4 is 31.9 Å². The van der Waals surface area contributed by atoms with E-state index in [0.717, 1.165) is 6.07 Å². The molecule has 0 aliphatic rings. The number of pyridine rings is 1. The maximum absolute atomic E-state index is 13.2. The summed E-state index contributed by atoms with van der Waals surface area (Å²) in [6.45, 7) is 0. The van der Waals surface area contributed by atoms with Crippen molar-refractivity contribution in [1.29, 1.82) is 0 Å². The smallest absolute Gasteiger partial charge is 0.126 e. The number of halogens is 4. The van der Waals surface area contributed by atoms with Gasteiger partial charge in [-0.15, -0.1) is 0 Å². The second-order valence-corrected chi connectivity index (χ2v) is 5.87. The fourth-order valence-electron chi connectivity index (χ4n) is 1.87. The lowest BCUT2D eigenvalue weighted by Gasteiger charge is -2.13. The third-order valence-electron chi connectivity index (χ3n) is 2.70. The molecular formula is C13H8Br2F2N4. The van der Waals surface area contributed by atoms with Crippen molar-refractivity contribution in [2.24, 2.45) is 5.11 Å². The number of hydrogen-bond acceptors (Lipinski definition) is 2. The van der Waals surface area contributed by atoms with Gasteiger partial charge >= 0.3 is 0 Å². The van der Waals surface area contributed by atoms with Crippen LogP contribution in [0.2, 0.25) is 0 Å². The van der Waals surface area contributed by atoms with Crippen LogP contribution in [0, 0.1) is 11.6 Å². The zero-order chi connectivity index (χ0) is 15.4. The third-order valence-corrected chi connectivity index (χ3v) is 3.81. The van der Waals surface area contributed by atoms with Gasteiger partial charge in [0.25, 0.3) is 0 Å². The van der Waals surface area contributed by atoms with Crippen LogP contribution in [-0.4, -0.2) is 4.98 Å². The number of aromatic nitrogens is 1. The Labute approximate surface area is 136 Å².